The van der Waals surface area contributed by atoms with Crippen LogP contribution in [0.15, 0.2) is 48.0 Å². The van der Waals surface area contributed by atoms with E-state index in [4.69, 9.17) is 0 Å². The maximum Gasteiger partial charge on any atom is 0.422 e. The highest BCUT2D eigenvalue weighted by atomic mass is 32.1. The monoisotopic (exact) mass is 421 g/mol. The number of thiazole rings is 1. The molecule has 0 aliphatic carbocycles. The molecule has 0 aliphatic rings. The molecule has 9 heteroatoms. The van der Waals surface area contributed by atoms with E-state index in [1.807, 2.05) is 36.6 Å². The number of benzene rings is 1. The van der Waals surface area contributed by atoms with E-state index in [0.717, 1.165) is 21.8 Å². The highest BCUT2D eigenvalue weighted by Gasteiger charge is 2.28. The van der Waals surface area contributed by atoms with E-state index in [0.29, 0.717) is 13.0 Å². The molecule has 29 heavy (non-hydrogen) atoms. The number of ether oxygens (including phenoxy) is 1. The number of nitrogens with one attached hydrogen (secondary N) is 1. The standard InChI is InChI=1S/C20H18F3N3O2S/c1-13-26-17(11-29-13)15-4-2-14(3-5-15)8-9-24-19(27)16-6-7-18(25-10-16)28-12-20(21,22)23/h2-7,10-11H,8-9,12H2,1H3,(H,24,27). The molecular weight excluding hydrogens is 403 g/mol. The van der Waals surface area contributed by atoms with Crippen molar-refractivity contribution in [3.63, 3.8) is 0 Å². The second-order valence-electron chi connectivity index (χ2n) is 6.24. The first-order chi connectivity index (χ1) is 13.8. The summed E-state index contributed by atoms with van der Waals surface area (Å²) in [5.74, 6) is -0.538. The zero-order valence-electron chi connectivity index (χ0n) is 15.5. The van der Waals surface area contributed by atoms with E-state index in [9.17, 15) is 18.0 Å². The smallest absolute Gasteiger partial charge is 0.422 e. The number of aromatic nitrogens is 2. The van der Waals surface area contributed by atoms with Crippen LogP contribution in [0, 0.1) is 6.92 Å². The van der Waals surface area contributed by atoms with Crippen LogP contribution >= 0.6 is 11.3 Å². The third-order valence-corrected chi connectivity index (χ3v) is 4.72. The van der Waals surface area contributed by atoms with Crippen molar-refractivity contribution < 1.29 is 22.7 Å². The van der Waals surface area contributed by atoms with Crippen LogP contribution in [0.2, 0.25) is 0 Å². The van der Waals surface area contributed by atoms with Crippen LogP contribution in [-0.2, 0) is 6.42 Å². The predicted octanol–water partition coefficient (Wildman–Crippen LogP) is 4.43. The van der Waals surface area contributed by atoms with Gasteiger partial charge in [0.05, 0.1) is 16.3 Å². The van der Waals surface area contributed by atoms with Crippen molar-refractivity contribution in [3.8, 4) is 17.1 Å². The Labute approximate surface area is 169 Å². The second-order valence-corrected chi connectivity index (χ2v) is 7.31. The third kappa shape index (κ3) is 6.28. The van der Waals surface area contributed by atoms with Crippen LogP contribution in [0.3, 0.4) is 0 Å². The average molecular weight is 421 g/mol. The van der Waals surface area contributed by atoms with Gasteiger partial charge in [-0.25, -0.2) is 9.97 Å². The molecule has 0 saturated carbocycles. The molecule has 3 rings (SSSR count). The number of carbonyl (C=O) groups excluding carboxylic acids is 1. The highest BCUT2D eigenvalue weighted by Crippen LogP contribution is 2.22. The number of rotatable bonds is 7. The van der Waals surface area contributed by atoms with E-state index >= 15 is 0 Å². The van der Waals surface area contributed by atoms with Crippen LogP contribution in [-0.4, -0.2) is 35.2 Å². The minimum Gasteiger partial charge on any atom is -0.468 e. The summed E-state index contributed by atoms with van der Waals surface area (Å²) in [6, 6.07) is 10.6. The van der Waals surface area contributed by atoms with Crippen LogP contribution in [0.5, 0.6) is 5.88 Å². The Balaban J connectivity index is 1.47. The topological polar surface area (TPSA) is 64.1 Å². The van der Waals surface area contributed by atoms with Crippen LogP contribution in [0.1, 0.15) is 20.9 Å². The fourth-order valence-electron chi connectivity index (χ4n) is 2.52. The quantitative estimate of drug-likeness (QED) is 0.613. The molecule has 5 nitrogen and oxygen atoms in total. The first-order valence-corrected chi connectivity index (χ1v) is 9.63. The Morgan fingerprint density at radius 1 is 1.17 bits per heavy atom. The average Bonchev–Trinajstić information content (AvgIpc) is 3.13. The van der Waals surface area contributed by atoms with E-state index in [2.05, 4.69) is 20.0 Å². The van der Waals surface area contributed by atoms with Crippen molar-refractivity contribution in [2.45, 2.75) is 19.5 Å². The predicted molar refractivity (Wildman–Crippen MR) is 104 cm³/mol. The van der Waals surface area contributed by atoms with Gasteiger partial charge in [0, 0.05) is 29.8 Å². The normalized spacial score (nSPS) is 11.3. The number of hydrogen-bond donors (Lipinski definition) is 1. The van der Waals surface area contributed by atoms with Crippen molar-refractivity contribution in [2.75, 3.05) is 13.2 Å². The van der Waals surface area contributed by atoms with Gasteiger partial charge < -0.3 is 10.1 Å². The molecule has 0 saturated heterocycles. The zero-order chi connectivity index (χ0) is 20.9. The summed E-state index contributed by atoms with van der Waals surface area (Å²) in [6.45, 7) is 0.955. The van der Waals surface area contributed by atoms with Gasteiger partial charge in [0.25, 0.3) is 5.91 Å². The SMILES string of the molecule is Cc1nc(-c2ccc(CCNC(=O)c3ccc(OCC(F)(F)F)nc3)cc2)cs1. The van der Waals surface area contributed by atoms with Crippen molar-refractivity contribution >= 4 is 17.2 Å². The van der Waals surface area contributed by atoms with Gasteiger partial charge in [0.15, 0.2) is 6.61 Å². The van der Waals surface area contributed by atoms with Crippen LogP contribution in [0.25, 0.3) is 11.3 Å². The lowest BCUT2D eigenvalue weighted by molar-refractivity contribution is -0.154. The zero-order valence-corrected chi connectivity index (χ0v) is 16.3. The number of carbonyl (C=O) groups is 1. The van der Waals surface area contributed by atoms with E-state index in [-0.39, 0.29) is 17.4 Å². The molecule has 3 aromatic rings. The Bertz CT molecular complexity index is 954. The van der Waals surface area contributed by atoms with E-state index in [1.54, 1.807) is 11.3 Å². The number of hydrogen-bond acceptors (Lipinski definition) is 5. The number of aryl methyl sites for hydroxylation is 1. The summed E-state index contributed by atoms with van der Waals surface area (Å²) in [4.78, 5) is 20.3. The number of halogens is 3. The van der Waals surface area contributed by atoms with Gasteiger partial charge in [-0.3, -0.25) is 4.79 Å². The summed E-state index contributed by atoms with van der Waals surface area (Å²) in [5.41, 5.74) is 3.30. The molecule has 0 atom stereocenters. The Morgan fingerprint density at radius 2 is 1.93 bits per heavy atom. The fourth-order valence-corrected chi connectivity index (χ4v) is 3.14. The van der Waals surface area contributed by atoms with Crippen LogP contribution in [0.4, 0.5) is 13.2 Å². The van der Waals surface area contributed by atoms with E-state index in [1.165, 1.54) is 18.3 Å². The van der Waals surface area contributed by atoms with Gasteiger partial charge in [-0.05, 0) is 25.0 Å². The summed E-state index contributed by atoms with van der Waals surface area (Å²) in [6.07, 6.45) is -2.61. The molecule has 1 amide bonds. The molecular formula is C20H18F3N3O2S. The molecule has 0 fully saturated rings. The van der Waals surface area contributed by atoms with Gasteiger partial charge in [-0.15, -0.1) is 11.3 Å². The number of amides is 1. The van der Waals surface area contributed by atoms with Crippen LogP contribution < -0.4 is 10.1 Å². The molecule has 2 aromatic heterocycles. The fraction of sp³-hybridized carbons (Fsp3) is 0.250. The van der Waals surface area contributed by atoms with Gasteiger partial charge in [0.2, 0.25) is 5.88 Å². The minimum atomic E-state index is -4.44. The second kappa shape index (κ2) is 9.04. The summed E-state index contributed by atoms with van der Waals surface area (Å²) < 4.78 is 40.9. The Morgan fingerprint density at radius 3 is 2.52 bits per heavy atom. The van der Waals surface area contributed by atoms with Crippen molar-refractivity contribution in [1.82, 2.24) is 15.3 Å². The van der Waals surface area contributed by atoms with Gasteiger partial charge in [-0.1, -0.05) is 24.3 Å². The molecule has 0 radical (unpaired) electrons. The lowest BCUT2D eigenvalue weighted by Gasteiger charge is -2.09. The van der Waals surface area contributed by atoms with Crippen molar-refractivity contribution in [2.24, 2.45) is 0 Å². The molecule has 152 valence electrons. The van der Waals surface area contributed by atoms with Gasteiger partial charge in [-0.2, -0.15) is 13.2 Å². The van der Waals surface area contributed by atoms with Gasteiger partial charge >= 0.3 is 6.18 Å². The highest BCUT2D eigenvalue weighted by molar-refractivity contribution is 7.09. The largest absolute Gasteiger partial charge is 0.468 e. The molecule has 0 spiro atoms. The minimum absolute atomic E-state index is 0.186. The molecule has 0 bridgehead atoms. The Kier molecular flexibility index (Phi) is 6.48. The first kappa shape index (κ1) is 20.8. The third-order valence-electron chi connectivity index (χ3n) is 3.95. The maximum absolute atomic E-state index is 12.1. The van der Waals surface area contributed by atoms with Gasteiger partial charge in [0.1, 0.15) is 0 Å². The maximum atomic E-state index is 12.1. The molecule has 0 aliphatic heterocycles. The lowest BCUT2D eigenvalue weighted by atomic mass is 10.1. The summed E-state index contributed by atoms with van der Waals surface area (Å²) >= 11 is 1.60. The summed E-state index contributed by atoms with van der Waals surface area (Å²) in [7, 11) is 0. The molecule has 2 heterocycles. The lowest BCUT2D eigenvalue weighted by Crippen LogP contribution is -2.25. The number of alkyl halides is 3. The molecule has 1 aromatic carbocycles. The molecule has 0 unspecified atom stereocenters. The summed E-state index contributed by atoms with van der Waals surface area (Å²) in [5, 5.41) is 5.79. The Hall–Kier alpha value is -2.94. The molecule has 1 N–H and O–H groups in total. The van der Waals surface area contributed by atoms with Crippen molar-refractivity contribution in [3.05, 3.63) is 64.1 Å². The van der Waals surface area contributed by atoms with E-state index < -0.39 is 12.8 Å². The van der Waals surface area contributed by atoms with Crippen molar-refractivity contribution in [1.29, 1.82) is 0 Å². The first-order valence-electron chi connectivity index (χ1n) is 8.75. The number of pyridine rings is 1. The number of nitrogens with zero attached hydrogens (tertiary/aromatic N) is 2.